The molecule has 1 aromatic rings. The van der Waals surface area contributed by atoms with Crippen LogP contribution < -0.4 is 5.32 Å². The van der Waals surface area contributed by atoms with Crippen LogP contribution in [0.15, 0.2) is 12.1 Å². The third-order valence-corrected chi connectivity index (χ3v) is 9.60. The summed E-state index contributed by atoms with van der Waals surface area (Å²) in [4.78, 5) is 12.8. The second kappa shape index (κ2) is 6.95. The van der Waals surface area contributed by atoms with Crippen molar-refractivity contribution in [2.45, 2.75) is 38.8 Å². The number of halogens is 1. The molecule has 0 heterocycles. The molecular weight excluding hydrogens is 378 g/mol. The Balaban J connectivity index is 0.00000220. The standard InChI is InChI=1S/C16H23ClNOP.Y/c1-6-20(4,5)16(7-8-16)15(19)18-14-11(2)9-13(17)10-12(14)3;/h9-10H,6-8H2,1-5H3;/p+1. The van der Waals surface area contributed by atoms with Crippen molar-refractivity contribution >= 4 is 30.5 Å². The molecule has 1 radical (unpaired) electrons. The van der Waals surface area contributed by atoms with Gasteiger partial charge in [-0.15, -0.1) is 0 Å². The van der Waals surface area contributed by atoms with Crippen molar-refractivity contribution in [1.82, 2.24) is 0 Å². The molecule has 1 saturated carbocycles. The second-order valence-corrected chi connectivity index (χ2v) is 11.7. The van der Waals surface area contributed by atoms with Crippen LogP contribution in [0.2, 0.25) is 5.02 Å². The van der Waals surface area contributed by atoms with Crippen LogP contribution in [0, 0.1) is 13.8 Å². The molecule has 0 aliphatic heterocycles. The molecule has 0 aromatic heterocycles. The van der Waals surface area contributed by atoms with Crippen molar-refractivity contribution in [3.8, 4) is 0 Å². The zero-order valence-electron chi connectivity index (χ0n) is 13.6. The van der Waals surface area contributed by atoms with E-state index in [9.17, 15) is 4.79 Å². The minimum Gasteiger partial charge on any atom is -0.322 e. The largest absolute Gasteiger partial charge is 0.322 e. The molecule has 1 N–H and O–H groups in total. The maximum atomic E-state index is 12.8. The molecule has 1 aromatic carbocycles. The summed E-state index contributed by atoms with van der Waals surface area (Å²) in [6.07, 6.45) is 3.21. The summed E-state index contributed by atoms with van der Waals surface area (Å²) in [7, 11) is -1.19. The van der Waals surface area contributed by atoms with E-state index in [4.69, 9.17) is 11.6 Å². The first-order chi connectivity index (χ1) is 9.23. The molecule has 0 atom stereocenters. The van der Waals surface area contributed by atoms with E-state index >= 15 is 0 Å². The summed E-state index contributed by atoms with van der Waals surface area (Å²) in [6, 6.07) is 3.81. The van der Waals surface area contributed by atoms with Crippen LogP contribution in [0.5, 0.6) is 0 Å². The number of nitrogens with one attached hydrogen (secondary N) is 1. The van der Waals surface area contributed by atoms with Crippen LogP contribution in [-0.2, 0) is 37.5 Å². The molecule has 1 amide bonds. The van der Waals surface area contributed by atoms with Gasteiger partial charge in [0.05, 0.1) is 6.16 Å². The molecular formula is C16H24ClNOPY+. The fourth-order valence-electron chi connectivity index (χ4n) is 2.87. The van der Waals surface area contributed by atoms with E-state index in [1.165, 1.54) is 0 Å². The molecule has 113 valence electrons. The number of amides is 1. The monoisotopic (exact) mass is 401 g/mol. The van der Waals surface area contributed by atoms with Gasteiger partial charge in [-0.25, -0.2) is 0 Å². The van der Waals surface area contributed by atoms with Crippen molar-refractivity contribution in [2.24, 2.45) is 0 Å². The van der Waals surface area contributed by atoms with E-state index in [0.717, 1.165) is 40.8 Å². The van der Waals surface area contributed by atoms with Gasteiger partial charge in [0.25, 0.3) is 5.91 Å². The molecule has 2 nitrogen and oxygen atoms in total. The summed E-state index contributed by atoms with van der Waals surface area (Å²) in [5.74, 6) is 0.214. The van der Waals surface area contributed by atoms with E-state index in [-0.39, 0.29) is 43.8 Å². The van der Waals surface area contributed by atoms with Gasteiger partial charge >= 0.3 is 0 Å². The maximum Gasteiger partial charge on any atom is 0.268 e. The first-order valence-electron chi connectivity index (χ1n) is 7.15. The third kappa shape index (κ3) is 3.71. The molecule has 0 unspecified atom stereocenters. The van der Waals surface area contributed by atoms with Gasteiger partial charge < -0.3 is 5.32 Å². The maximum absolute atomic E-state index is 12.8. The Labute approximate surface area is 159 Å². The summed E-state index contributed by atoms with van der Waals surface area (Å²) in [5, 5.41) is 3.82. The van der Waals surface area contributed by atoms with Crippen LogP contribution in [0.4, 0.5) is 5.69 Å². The Hall–Kier alpha value is 0.514. The molecule has 1 aliphatic carbocycles. The number of rotatable bonds is 4. The van der Waals surface area contributed by atoms with Gasteiger partial charge in [-0.2, -0.15) is 0 Å². The Kier molecular flexibility index (Phi) is 6.48. The van der Waals surface area contributed by atoms with Crippen LogP contribution in [-0.4, -0.2) is 30.6 Å². The van der Waals surface area contributed by atoms with E-state index in [0.29, 0.717) is 0 Å². The Morgan fingerprint density at radius 2 is 1.76 bits per heavy atom. The van der Waals surface area contributed by atoms with Crippen LogP contribution >= 0.6 is 18.9 Å². The smallest absolute Gasteiger partial charge is 0.268 e. The minimum absolute atomic E-state index is 0. The van der Waals surface area contributed by atoms with Crippen LogP contribution in [0.25, 0.3) is 0 Å². The van der Waals surface area contributed by atoms with Gasteiger partial charge in [-0.05, 0) is 44.0 Å². The number of hydrogen-bond acceptors (Lipinski definition) is 1. The van der Waals surface area contributed by atoms with Crippen molar-refractivity contribution in [1.29, 1.82) is 0 Å². The average molecular weight is 402 g/mol. The summed E-state index contributed by atoms with van der Waals surface area (Å²) in [5.41, 5.74) is 3.00. The molecule has 2 rings (SSSR count). The van der Waals surface area contributed by atoms with Gasteiger partial charge in [0.2, 0.25) is 0 Å². The van der Waals surface area contributed by atoms with Crippen molar-refractivity contribution in [2.75, 3.05) is 24.8 Å². The van der Waals surface area contributed by atoms with E-state index < -0.39 is 7.26 Å². The van der Waals surface area contributed by atoms with E-state index in [2.05, 4.69) is 25.6 Å². The molecule has 0 saturated heterocycles. The van der Waals surface area contributed by atoms with Crippen molar-refractivity contribution in [3.63, 3.8) is 0 Å². The second-order valence-electron chi connectivity index (χ2n) is 6.40. The minimum atomic E-state index is -1.19. The van der Waals surface area contributed by atoms with Crippen molar-refractivity contribution in [3.05, 3.63) is 28.3 Å². The number of hydrogen-bond donors (Lipinski definition) is 1. The van der Waals surface area contributed by atoms with E-state index in [1.54, 1.807) is 0 Å². The average Bonchev–Trinajstić information content (AvgIpc) is 3.15. The van der Waals surface area contributed by atoms with Gasteiger partial charge in [-0.1, -0.05) is 11.6 Å². The Morgan fingerprint density at radius 3 is 2.14 bits per heavy atom. The fraction of sp³-hybridized carbons (Fsp3) is 0.562. The summed E-state index contributed by atoms with van der Waals surface area (Å²) < 4.78 is 0. The van der Waals surface area contributed by atoms with Gasteiger partial charge in [0.1, 0.15) is 0 Å². The predicted octanol–water partition coefficient (Wildman–Crippen LogP) is 4.72. The number of anilines is 1. The van der Waals surface area contributed by atoms with Crippen LogP contribution in [0.3, 0.4) is 0 Å². The zero-order chi connectivity index (χ0) is 15.1. The number of benzene rings is 1. The normalized spacial score (nSPS) is 16.1. The molecule has 0 bridgehead atoms. The zero-order valence-corrected chi connectivity index (χ0v) is 18.1. The molecule has 1 fully saturated rings. The van der Waals surface area contributed by atoms with Crippen molar-refractivity contribution < 1.29 is 37.5 Å². The SMILES string of the molecule is CC[P+](C)(C)C1(C(=O)Nc2c(C)cc(Cl)cc2C)CC1.[Y]. The number of carbonyl (C=O) groups is 1. The molecule has 21 heavy (non-hydrogen) atoms. The fourth-order valence-corrected chi connectivity index (χ4v) is 5.73. The van der Waals surface area contributed by atoms with Gasteiger partial charge in [-0.3, -0.25) is 4.79 Å². The molecule has 0 spiro atoms. The quantitative estimate of drug-likeness (QED) is 0.727. The van der Waals surface area contributed by atoms with E-state index in [1.807, 2.05) is 26.0 Å². The third-order valence-electron chi connectivity index (χ3n) is 4.83. The topological polar surface area (TPSA) is 29.1 Å². The summed E-state index contributed by atoms with van der Waals surface area (Å²) >= 11 is 6.05. The first kappa shape index (κ1) is 19.6. The van der Waals surface area contributed by atoms with Gasteiger partial charge in [0.15, 0.2) is 5.16 Å². The Bertz CT molecular complexity index is 532. The predicted molar refractivity (Wildman–Crippen MR) is 90.8 cm³/mol. The summed E-state index contributed by atoms with van der Waals surface area (Å²) in [6.45, 7) is 10.8. The molecule has 1 aliphatic rings. The molecule has 5 heteroatoms. The number of carbonyl (C=O) groups excluding carboxylic acids is 1. The Morgan fingerprint density at radius 1 is 1.29 bits per heavy atom. The first-order valence-corrected chi connectivity index (χ1v) is 10.4. The van der Waals surface area contributed by atoms with Crippen LogP contribution in [0.1, 0.15) is 30.9 Å². The van der Waals surface area contributed by atoms with Gasteiger partial charge in [0, 0.05) is 76.9 Å². The number of aryl methyl sites for hydroxylation is 2.